The summed E-state index contributed by atoms with van der Waals surface area (Å²) in [6, 6.07) is 8.15. The van der Waals surface area contributed by atoms with Crippen molar-refractivity contribution in [2.75, 3.05) is 23.7 Å². The van der Waals surface area contributed by atoms with E-state index in [0.717, 1.165) is 12.4 Å². The molecule has 0 radical (unpaired) electrons. The first-order chi connectivity index (χ1) is 14.8. The van der Waals surface area contributed by atoms with Gasteiger partial charge in [-0.3, -0.25) is 20.2 Å². The highest BCUT2D eigenvalue weighted by atomic mass is 16.6. The topological polar surface area (TPSA) is 186 Å². The first-order valence-corrected chi connectivity index (χ1v) is 8.78. The van der Waals surface area contributed by atoms with Gasteiger partial charge in [0.25, 0.3) is 11.4 Å². The van der Waals surface area contributed by atoms with Crippen molar-refractivity contribution in [2.45, 2.75) is 0 Å². The Kier molecular flexibility index (Phi) is 6.25. The van der Waals surface area contributed by atoms with Crippen molar-refractivity contribution < 1.29 is 19.7 Å². The third kappa shape index (κ3) is 5.23. The third-order valence-corrected chi connectivity index (χ3v) is 4.04. The molecule has 158 valence electrons. The molecular weight excluding hydrogens is 410 g/mol. The predicted molar refractivity (Wildman–Crippen MR) is 109 cm³/mol. The molecule has 0 aliphatic carbocycles. The van der Waals surface area contributed by atoms with Gasteiger partial charge < -0.3 is 15.7 Å². The number of hydrogen-bond acceptors (Lipinski definition) is 10. The number of non-ortho nitro benzene ring substituents is 1. The Morgan fingerprint density at radius 1 is 0.903 bits per heavy atom. The quantitative estimate of drug-likeness (QED) is 0.260. The molecule has 0 saturated heterocycles. The Morgan fingerprint density at radius 3 is 2.13 bits per heavy atom. The molecule has 0 unspecified atom stereocenters. The highest BCUT2D eigenvalue weighted by molar-refractivity contribution is 5.94. The largest absolute Gasteiger partial charge is 0.478 e. The van der Waals surface area contributed by atoms with Crippen molar-refractivity contribution >= 4 is 29.1 Å². The molecule has 0 saturated carbocycles. The summed E-state index contributed by atoms with van der Waals surface area (Å²) in [5, 5.41) is 36.7. The Hall–Kier alpha value is -4.68. The predicted octanol–water partition coefficient (Wildman–Crippen LogP) is 2.58. The Balaban J connectivity index is 1.68. The van der Waals surface area contributed by atoms with E-state index in [1.807, 2.05) is 0 Å². The molecule has 0 atom stereocenters. The lowest BCUT2D eigenvalue weighted by Gasteiger charge is -2.10. The number of aromatic nitrogens is 3. The standard InChI is InChI=1S/C18H15N7O6/c26-17(27)14-10-22-18(23-16(14)11-1-3-12(4-2-11)24(28)29)20-8-7-19-15-6-5-13(9-21-15)25(30)31/h1-6,9-10H,7-8H2,(H,19,21)(H,26,27)(H,20,22,23). The van der Waals surface area contributed by atoms with Crippen LogP contribution >= 0.6 is 0 Å². The molecule has 3 rings (SSSR count). The Morgan fingerprint density at radius 2 is 1.55 bits per heavy atom. The first-order valence-electron chi connectivity index (χ1n) is 8.78. The van der Waals surface area contributed by atoms with E-state index in [0.29, 0.717) is 24.5 Å². The van der Waals surface area contributed by atoms with Crippen LogP contribution in [0, 0.1) is 20.2 Å². The lowest BCUT2D eigenvalue weighted by molar-refractivity contribution is -0.385. The fraction of sp³-hybridized carbons (Fsp3) is 0.111. The second-order valence-corrected chi connectivity index (χ2v) is 6.08. The zero-order valence-electron chi connectivity index (χ0n) is 15.8. The molecular formula is C18H15N7O6. The number of nitrogens with zero attached hydrogens (tertiary/aromatic N) is 5. The second-order valence-electron chi connectivity index (χ2n) is 6.08. The van der Waals surface area contributed by atoms with Gasteiger partial charge in [-0.1, -0.05) is 0 Å². The fourth-order valence-electron chi connectivity index (χ4n) is 2.55. The van der Waals surface area contributed by atoms with Crippen LogP contribution in [0.15, 0.2) is 48.8 Å². The summed E-state index contributed by atoms with van der Waals surface area (Å²) in [6.45, 7) is 0.715. The molecule has 0 fully saturated rings. The van der Waals surface area contributed by atoms with Crippen LogP contribution in [-0.2, 0) is 0 Å². The summed E-state index contributed by atoms with van der Waals surface area (Å²) < 4.78 is 0. The Labute approximate surface area is 174 Å². The van der Waals surface area contributed by atoms with Gasteiger partial charge in [0.2, 0.25) is 5.95 Å². The molecule has 1 aromatic carbocycles. The van der Waals surface area contributed by atoms with Gasteiger partial charge in [0.1, 0.15) is 17.6 Å². The maximum absolute atomic E-state index is 11.5. The molecule has 13 heteroatoms. The van der Waals surface area contributed by atoms with Gasteiger partial charge in [-0.15, -0.1) is 0 Å². The first kappa shape index (κ1) is 21.0. The minimum absolute atomic E-state index is 0.116. The third-order valence-electron chi connectivity index (χ3n) is 4.04. The van der Waals surface area contributed by atoms with Crippen LogP contribution in [0.5, 0.6) is 0 Å². The van der Waals surface area contributed by atoms with Crippen LogP contribution in [-0.4, -0.2) is 49.0 Å². The number of nitro groups is 2. The normalized spacial score (nSPS) is 10.3. The number of rotatable bonds is 9. The van der Waals surface area contributed by atoms with Crippen molar-refractivity contribution in [3.63, 3.8) is 0 Å². The maximum atomic E-state index is 11.5. The van der Waals surface area contributed by atoms with Crippen molar-refractivity contribution in [1.29, 1.82) is 0 Å². The number of benzene rings is 1. The minimum atomic E-state index is -1.23. The van der Waals surface area contributed by atoms with Gasteiger partial charge in [0, 0.05) is 43.0 Å². The van der Waals surface area contributed by atoms with Gasteiger partial charge in [0.15, 0.2) is 0 Å². The summed E-state index contributed by atoms with van der Waals surface area (Å²) in [5.41, 5.74) is 0.118. The molecule has 2 heterocycles. The molecule has 0 aliphatic heterocycles. The number of aromatic carboxylic acids is 1. The van der Waals surface area contributed by atoms with E-state index in [2.05, 4.69) is 25.6 Å². The zero-order chi connectivity index (χ0) is 22.4. The number of carboxylic acids is 1. The van der Waals surface area contributed by atoms with E-state index in [1.165, 1.54) is 36.4 Å². The molecule has 3 aromatic rings. The summed E-state index contributed by atoms with van der Waals surface area (Å²) >= 11 is 0. The van der Waals surface area contributed by atoms with Gasteiger partial charge in [0.05, 0.1) is 15.5 Å². The van der Waals surface area contributed by atoms with E-state index in [1.54, 1.807) is 0 Å². The van der Waals surface area contributed by atoms with Crippen LogP contribution in [0.1, 0.15) is 10.4 Å². The number of hydrogen-bond donors (Lipinski definition) is 3. The highest BCUT2D eigenvalue weighted by Crippen LogP contribution is 2.25. The number of pyridine rings is 1. The van der Waals surface area contributed by atoms with Gasteiger partial charge in [-0.25, -0.2) is 19.7 Å². The van der Waals surface area contributed by atoms with Crippen molar-refractivity contribution in [3.05, 3.63) is 74.6 Å². The minimum Gasteiger partial charge on any atom is -0.478 e. The molecule has 3 N–H and O–H groups in total. The number of anilines is 2. The molecule has 2 aromatic heterocycles. The van der Waals surface area contributed by atoms with Gasteiger partial charge in [-0.05, 0) is 18.2 Å². The van der Waals surface area contributed by atoms with Gasteiger partial charge >= 0.3 is 5.97 Å². The summed E-state index contributed by atoms with van der Waals surface area (Å²) in [5.74, 6) is -0.622. The van der Waals surface area contributed by atoms with E-state index in [9.17, 15) is 30.1 Å². The molecule has 13 nitrogen and oxygen atoms in total. The van der Waals surface area contributed by atoms with Crippen LogP contribution < -0.4 is 10.6 Å². The monoisotopic (exact) mass is 425 g/mol. The number of nitrogens with one attached hydrogen (secondary N) is 2. The highest BCUT2D eigenvalue weighted by Gasteiger charge is 2.16. The molecule has 31 heavy (non-hydrogen) atoms. The smallest absolute Gasteiger partial charge is 0.339 e. The van der Waals surface area contributed by atoms with Crippen molar-refractivity contribution in [2.24, 2.45) is 0 Å². The average Bonchev–Trinajstić information content (AvgIpc) is 2.77. The van der Waals surface area contributed by atoms with E-state index in [4.69, 9.17) is 0 Å². The number of carbonyl (C=O) groups is 1. The molecule has 0 aliphatic rings. The van der Waals surface area contributed by atoms with E-state index < -0.39 is 15.8 Å². The molecule has 0 spiro atoms. The number of carboxylic acid groups (broad SMARTS) is 1. The Bertz CT molecular complexity index is 1120. The number of nitro benzene ring substituents is 1. The summed E-state index contributed by atoms with van der Waals surface area (Å²) in [4.78, 5) is 44.0. The van der Waals surface area contributed by atoms with E-state index in [-0.39, 0.29) is 28.6 Å². The fourth-order valence-corrected chi connectivity index (χ4v) is 2.55. The molecule has 0 amide bonds. The van der Waals surface area contributed by atoms with E-state index >= 15 is 0 Å². The average molecular weight is 425 g/mol. The van der Waals surface area contributed by atoms with Crippen molar-refractivity contribution in [1.82, 2.24) is 15.0 Å². The summed E-state index contributed by atoms with van der Waals surface area (Å²) in [7, 11) is 0. The summed E-state index contributed by atoms with van der Waals surface area (Å²) in [6.07, 6.45) is 2.29. The second kappa shape index (κ2) is 9.21. The van der Waals surface area contributed by atoms with Crippen LogP contribution in [0.2, 0.25) is 0 Å². The maximum Gasteiger partial charge on any atom is 0.339 e. The van der Waals surface area contributed by atoms with Crippen LogP contribution in [0.3, 0.4) is 0 Å². The SMILES string of the molecule is O=C(O)c1cnc(NCCNc2ccc([N+](=O)[O-])cn2)nc1-c1ccc([N+](=O)[O-])cc1. The lowest BCUT2D eigenvalue weighted by Crippen LogP contribution is -2.16. The van der Waals surface area contributed by atoms with Crippen LogP contribution in [0.4, 0.5) is 23.1 Å². The zero-order valence-corrected chi connectivity index (χ0v) is 15.8. The molecule has 0 bridgehead atoms. The van der Waals surface area contributed by atoms with Gasteiger partial charge in [-0.2, -0.15) is 0 Å². The van der Waals surface area contributed by atoms with Crippen LogP contribution in [0.25, 0.3) is 11.3 Å². The van der Waals surface area contributed by atoms with Crippen molar-refractivity contribution in [3.8, 4) is 11.3 Å². The lowest BCUT2D eigenvalue weighted by atomic mass is 10.1.